The summed E-state index contributed by atoms with van der Waals surface area (Å²) in [6, 6.07) is 2.53. The van der Waals surface area contributed by atoms with Crippen molar-refractivity contribution in [2.45, 2.75) is 56.7 Å². The minimum absolute atomic E-state index is 0.0160. The van der Waals surface area contributed by atoms with E-state index in [4.69, 9.17) is 4.74 Å². The van der Waals surface area contributed by atoms with E-state index in [9.17, 15) is 15.2 Å². The van der Waals surface area contributed by atoms with Crippen molar-refractivity contribution in [3.8, 4) is 6.07 Å². The summed E-state index contributed by atoms with van der Waals surface area (Å²) in [6.45, 7) is 0.982. The lowest BCUT2D eigenvalue weighted by molar-refractivity contribution is -0.149. The molecule has 0 saturated carbocycles. The molecule has 2 atom stereocenters. The van der Waals surface area contributed by atoms with Crippen molar-refractivity contribution in [1.82, 2.24) is 4.90 Å². The largest absolute Gasteiger partial charge is 0.393 e. The molecule has 5 heteroatoms. The summed E-state index contributed by atoms with van der Waals surface area (Å²) in [5, 5.41) is 19.3. The zero-order chi connectivity index (χ0) is 13.5. The molecule has 3 saturated heterocycles. The van der Waals surface area contributed by atoms with Gasteiger partial charge in [-0.05, 0) is 38.5 Å². The lowest BCUT2D eigenvalue weighted by Gasteiger charge is -2.42. The van der Waals surface area contributed by atoms with Gasteiger partial charge in [-0.25, -0.2) is 0 Å². The molecular formula is C14H20N2O3. The number of rotatable bonds is 1. The van der Waals surface area contributed by atoms with E-state index >= 15 is 0 Å². The number of amides is 1. The number of nitriles is 1. The fourth-order valence-electron chi connectivity index (χ4n) is 3.82. The number of hydrogen-bond acceptors (Lipinski definition) is 4. The quantitative estimate of drug-likeness (QED) is 0.761. The summed E-state index contributed by atoms with van der Waals surface area (Å²) in [5.41, 5.74) is -0.888. The topological polar surface area (TPSA) is 73.6 Å². The van der Waals surface area contributed by atoms with Crippen molar-refractivity contribution in [3.05, 3.63) is 0 Å². The Labute approximate surface area is 113 Å². The Morgan fingerprint density at radius 3 is 2.37 bits per heavy atom. The van der Waals surface area contributed by atoms with Crippen LogP contribution in [-0.2, 0) is 9.53 Å². The van der Waals surface area contributed by atoms with Crippen molar-refractivity contribution in [2.24, 2.45) is 5.41 Å². The van der Waals surface area contributed by atoms with Gasteiger partial charge in [-0.15, -0.1) is 0 Å². The van der Waals surface area contributed by atoms with Crippen LogP contribution in [0.25, 0.3) is 0 Å². The molecule has 1 amide bonds. The second-order valence-electron chi connectivity index (χ2n) is 6.03. The van der Waals surface area contributed by atoms with Crippen molar-refractivity contribution in [3.63, 3.8) is 0 Å². The molecule has 2 bridgehead atoms. The Hall–Kier alpha value is -1.12. The molecule has 3 heterocycles. The van der Waals surface area contributed by atoms with E-state index in [1.807, 2.05) is 4.90 Å². The van der Waals surface area contributed by atoms with Crippen molar-refractivity contribution in [2.75, 3.05) is 13.2 Å². The van der Waals surface area contributed by atoms with Gasteiger partial charge in [0, 0.05) is 25.3 Å². The molecule has 3 aliphatic rings. The number of fused-ring (bicyclic) bond motifs is 2. The standard InChI is InChI=1S/C14H20N2O3/c15-9-14(3-5-19-6-4-14)13(18)16-10-1-2-11(16)8-12(17)7-10/h10-12,17H,1-8H2. The maximum atomic E-state index is 12.8. The lowest BCUT2D eigenvalue weighted by atomic mass is 9.79. The van der Waals surface area contributed by atoms with Crippen LogP contribution in [0.1, 0.15) is 38.5 Å². The molecule has 0 aromatic rings. The van der Waals surface area contributed by atoms with Gasteiger partial charge in [-0.2, -0.15) is 5.26 Å². The SMILES string of the molecule is N#CC1(C(=O)N2C3CCC2CC(O)C3)CCOCC1. The van der Waals surface area contributed by atoms with E-state index in [2.05, 4.69) is 6.07 Å². The van der Waals surface area contributed by atoms with Gasteiger partial charge >= 0.3 is 0 Å². The monoisotopic (exact) mass is 264 g/mol. The molecule has 3 aliphatic heterocycles. The molecular weight excluding hydrogens is 244 g/mol. The van der Waals surface area contributed by atoms with Crippen LogP contribution < -0.4 is 0 Å². The van der Waals surface area contributed by atoms with Gasteiger partial charge in [0.25, 0.3) is 0 Å². The summed E-state index contributed by atoms with van der Waals surface area (Å²) in [7, 11) is 0. The summed E-state index contributed by atoms with van der Waals surface area (Å²) in [6.07, 6.45) is 3.98. The van der Waals surface area contributed by atoms with Crippen LogP contribution >= 0.6 is 0 Å². The van der Waals surface area contributed by atoms with Crippen molar-refractivity contribution < 1.29 is 14.6 Å². The lowest BCUT2D eigenvalue weighted by Crippen LogP contribution is -2.54. The molecule has 0 radical (unpaired) electrons. The van der Waals surface area contributed by atoms with Gasteiger partial charge in [0.1, 0.15) is 5.41 Å². The normalized spacial score (nSPS) is 36.8. The fraction of sp³-hybridized carbons (Fsp3) is 0.857. The first kappa shape index (κ1) is 12.9. The van der Waals surface area contributed by atoms with E-state index in [0.29, 0.717) is 38.9 Å². The molecule has 3 rings (SSSR count). The predicted molar refractivity (Wildman–Crippen MR) is 67.0 cm³/mol. The highest BCUT2D eigenvalue weighted by atomic mass is 16.5. The molecule has 0 spiro atoms. The zero-order valence-corrected chi connectivity index (χ0v) is 11.0. The molecule has 3 fully saturated rings. The number of nitrogens with zero attached hydrogens (tertiary/aromatic N) is 2. The zero-order valence-electron chi connectivity index (χ0n) is 11.0. The fourth-order valence-corrected chi connectivity index (χ4v) is 3.82. The van der Waals surface area contributed by atoms with E-state index in [0.717, 1.165) is 12.8 Å². The first-order valence-corrected chi connectivity index (χ1v) is 7.16. The van der Waals surface area contributed by atoms with E-state index in [1.54, 1.807) is 0 Å². The Morgan fingerprint density at radius 1 is 1.26 bits per heavy atom. The number of carbonyl (C=O) groups excluding carboxylic acids is 1. The van der Waals surface area contributed by atoms with Gasteiger partial charge in [0.15, 0.2) is 0 Å². The van der Waals surface area contributed by atoms with Crippen molar-refractivity contribution >= 4 is 5.91 Å². The minimum atomic E-state index is -0.888. The van der Waals surface area contributed by atoms with Gasteiger partial charge in [-0.3, -0.25) is 4.79 Å². The number of ether oxygens (including phenoxy) is 1. The summed E-state index contributed by atoms with van der Waals surface area (Å²) in [4.78, 5) is 14.8. The Morgan fingerprint density at radius 2 is 1.84 bits per heavy atom. The number of carbonyl (C=O) groups is 1. The Bertz CT molecular complexity index is 397. The van der Waals surface area contributed by atoms with Crippen LogP contribution in [0.2, 0.25) is 0 Å². The van der Waals surface area contributed by atoms with Gasteiger partial charge in [0.05, 0.1) is 12.2 Å². The van der Waals surface area contributed by atoms with Crippen LogP contribution in [0.4, 0.5) is 0 Å². The highest BCUT2D eigenvalue weighted by molar-refractivity contribution is 5.86. The number of aliphatic hydroxyl groups is 1. The second-order valence-corrected chi connectivity index (χ2v) is 6.03. The third-order valence-corrected chi connectivity index (χ3v) is 4.91. The van der Waals surface area contributed by atoms with E-state index in [1.165, 1.54) is 0 Å². The van der Waals surface area contributed by atoms with Crippen LogP contribution in [0.3, 0.4) is 0 Å². The van der Waals surface area contributed by atoms with E-state index < -0.39 is 5.41 Å². The van der Waals surface area contributed by atoms with Crippen LogP contribution in [0.15, 0.2) is 0 Å². The predicted octanol–water partition coefficient (Wildman–Crippen LogP) is 0.821. The molecule has 2 unspecified atom stereocenters. The number of piperidine rings is 1. The first-order valence-electron chi connectivity index (χ1n) is 7.16. The molecule has 0 aliphatic carbocycles. The van der Waals surface area contributed by atoms with Gasteiger partial charge in [0.2, 0.25) is 5.91 Å². The third kappa shape index (κ3) is 2.03. The molecule has 0 aromatic carbocycles. The summed E-state index contributed by atoms with van der Waals surface area (Å²) < 4.78 is 5.29. The maximum Gasteiger partial charge on any atom is 0.243 e. The van der Waals surface area contributed by atoms with Gasteiger partial charge < -0.3 is 14.7 Å². The third-order valence-electron chi connectivity index (χ3n) is 4.91. The van der Waals surface area contributed by atoms with Crippen LogP contribution in [0, 0.1) is 16.7 Å². The number of aliphatic hydroxyl groups excluding tert-OH is 1. The van der Waals surface area contributed by atoms with Crippen LogP contribution in [0.5, 0.6) is 0 Å². The van der Waals surface area contributed by atoms with Gasteiger partial charge in [-0.1, -0.05) is 0 Å². The average Bonchev–Trinajstić information content (AvgIpc) is 2.70. The molecule has 1 N–H and O–H groups in total. The number of hydrogen-bond donors (Lipinski definition) is 1. The highest BCUT2D eigenvalue weighted by Gasteiger charge is 2.50. The van der Waals surface area contributed by atoms with E-state index in [-0.39, 0.29) is 24.1 Å². The Kier molecular flexibility index (Phi) is 3.23. The highest BCUT2D eigenvalue weighted by Crippen LogP contribution is 2.41. The smallest absolute Gasteiger partial charge is 0.243 e. The maximum absolute atomic E-state index is 12.8. The molecule has 5 nitrogen and oxygen atoms in total. The minimum Gasteiger partial charge on any atom is -0.393 e. The summed E-state index contributed by atoms with van der Waals surface area (Å²) >= 11 is 0. The molecule has 19 heavy (non-hydrogen) atoms. The van der Waals surface area contributed by atoms with Crippen molar-refractivity contribution in [1.29, 1.82) is 5.26 Å². The van der Waals surface area contributed by atoms with Crippen LogP contribution in [-0.4, -0.2) is 47.3 Å². The molecule has 0 aromatic heterocycles. The Balaban J connectivity index is 1.82. The molecule has 104 valence electrons. The summed E-state index contributed by atoms with van der Waals surface area (Å²) in [5.74, 6) is -0.0160. The average molecular weight is 264 g/mol. The second kappa shape index (κ2) is 4.77. The first-order chi connectivity index (χ1) is 9.16.